The van der Waals surface area contributed by atoms with Crippen LogP contribution >= 0.6 is 11.8 Å². The van der Waals surface area contributed by atoms with E-state index in [1.54, 1.807) is 11.0 Å². The summed E-state index contributed by atoms with van der Waals surface area (Å²) in [4.78, 5) is 15.2. The molecular weight excluding hydrogens is 667 g/mol. The van der Waals surface area contributed by atoms with Crippen molar-refractivity contribution in [1.29, 1.82) is 0 Å². The molecule has 2 heterocycles. The number of carbonyl (C=O) groups excluding carboxylic acids is 1. The zero-order chi connectivity index (χ0) is 34.8. The molecule has 2 fully saturated rings. The fraction of sp³-hybridized carbons (Fsp3) is 0.781. The van der Waals surface area contributed by atoms with Crippen molar-refractivity contribution in [3.63, 3.8) is 0 Å². The predicted molar refractivity (Wildman–Crippen MR) is 185 cm³/mol. The Balaban J connectivity index is 1.60. The number of hydrogen-bond acceptors (Lipinski definition) is 10. The van der Waals surface area contributed by atoms with Gasteiger partial charge in [-0.25, -0.2) is 22.0 Å². The Kier molecular flexibility index (Phi) is 15.9. The summed E-state index contributed by atoms with van der Waals surface area (Å²) in [5.41, 5.74) is 0. The molecule has 0 bridgehead atoms. The highest BCUT2D eigenvalue weighted by atomic mass is 32.3. The minimum Gasteiger partial charge on any atom is -0.393 e. The Morgan fingerprint density at radius 1 is 1.19 bits per heavy atom. The maximum atomic E-state index is 13.5. The van der Waals surface area contributed by atoms with Crippen LogP contribution in [0.15, 0.2) is 34.6 Å². The molecule has 15 heteroatoms. The van der Waals surface area contributed by atoms with Crippen molar-refractivity contribution in [3.05, 3.63) is 34.6 Å². The molecule has 2 aliphatic heterocycles. The number of sulfonamides is 2. The molecule has 1 aliphatic carbocycles. The number of thioether (sulfide) groups is 1. The number of primary sulfonamides is 1. The van der Waals surface area contributed by atoms with Gasteiger partial charge in [0.1, 0.15) is 8.82 Å². The van der Waals surface area contributed by atoms with Crippen LogP contribution in [0.25, 0.3) is 0 Å². The molecule has 1 amide bonds. The molecule has 47 heavy (non-hydrogen) atoms. The van der Waals surface area contributed by atoms with E-state index in [0.29, 0.717) is 51.7 Å². The smallest absolute Gasteiger partial charge is 0.243 e. The van der Waals surface area contributed by atoms with Crippen LogP contribution in [0.1, 0.15) is 78.1 Å². The van der Waals surface area contributed by atoms with Crippen LogP contribution in [-0.4, -0.2) is 110 Å². The van der Waals surface area contributed by atoms with Crippen LogP contribution < -0.4 is 5.14 Å². The van der Waals surface area contributed by atoms with Gasteiger partial charge in [-0.15, -0.1) is 0 Å². The first-order valence-electron chi connectivity index (χ1n) is 16.8. The standard InChI is InChI=1S/C32H55N3O9S3/c1-4-6-9-13-23(36)16-17-25-24(28(37)21-29(25)38)14-10-7-8-11-15-30(39)35(5-2)27-22-34(18-12-19-44-3)47(42,43)32-26(27)20-31(45-32)46(33,40)41/h7,10,16-17,20,23-29,32,36-38H,4-6,8-9,11-15,18-19,21-22H2,1-3H3,(H2,33,40,41)/b10-7-,17-16+/t23-,24+,25+,26?,27-,28-,29+,32?/m0/s1. The Bertz CT molecular complexity index is 1320. The third-order valence-electron chi connectivity index (χ3n) is 9.37. The highest BCUT2D eigenvalue weighted by Crippen LogP contribution is 2.47. The molecular formula is C32H55N3O9S3. The van der Waals surface area contributed by atoms with E-state index < -0.39 is 54.9 Å². The number of likely N-dealkylation sites (N-methyl/N-ethyl adjacent to an activating group) is 1. The van der Waals surface area contributed by atoms with E-state index >= 15 is 0 Å². The maximum absolute atomic E-state index is 13.5. The number of ether oxygens (including phenoxy) is 1. The zero-order valence-electron chi connectivity index (χ0n) is 27.9. The third kappa shape index (κ3) is 10.8. The second kappa shape index (κ2) is 18.6. The van der Waals surface area contributed by atoms with E-state index in [1.165, 1.54) is 17.5 Å². The molecule has 0 aromatic carbocycles. The molecule has 12 nitrogen and oxygen atoms in total. The number of allylic oxidation sites excluding steroid dienone is 2. The summed E-state index contributed by atoms with van der Waals surface area (Å²) in [5.74, 6) is -1.27. The number of unbranched alkanes of at least 4 members (excludes halogenated alkanes) is 3. The number of amides is 1. The van der Waals surface area contributed by atoms with Crippen molar-refractivity contribution < 1.29 is 41.7 Å². The number of aliphatic hydroxyl groups excluding tert-OH is 3. The van der Waals surface area contributed by atoms with Crippen molar-refractivity contribution in [2.45, 2.75) is 107 Å². The normalized spacial score (nSPS) is 30.2. The van der Waals surface area contributed by atoms with Crippen molar-refractivity contribution in [3.8, 4) is 0 Å². The Labute approximate surface area is 285 Å². The predicted octanol–water partition coefficient (Wildman–Crippen LogP) is 2.68. The van der Waals surface area contributed by atoms with Gasteiger partial charge >= 0.3 is 0 Å². The maximum Gasteiger partial charge on any atom is 0.243 e. The fourth-order valence-electron chi connectivity index (χ4n) is 6.82. The van der Waals surface area contributed by atoms with Gasteiger partial charge in [-0.3, -0.25) is 4.79 Å². The lowest BCUT2D eigenvalue weighted by atomic mass is 9.89. The Morgan fingerprint density at radius 2 is 1.94 bits per heavy atom. The molecule has 0 aromatic heterocycles. The second-order valence-electron chi connectivity index (χ2n) is 12.7. The van der Waals surface area contributed by atoms with Crippen molar-refractivity contribution in [2.24, 2.45) is 22.9 Å². The van der Waals surface area contributed by atoms with E-state index in [9.17, 15) is 36.9 Å². The number of methoxy groups -OCH3 is 1. The Hall–Kier alpha value is -1.30. The molecule has 270 valence electrons. The SMILES string of the molecule is CCCCC[C@H](O)/C=C/[C@@H]1[C@@H](C/C=C\CCCC(=O)N(CC)[C@H]2CN(CCCOC)S(=O)(=O)C3SC(S(N)(=O)=O)=CC32)[C@@H](O)C[C@H]1O. The first-order chi connectivity index (χ1) is 22.3. The highest BCUT2D eigenvalue weighted by molar-refractivity contribution is 8.23. The van der Waals surface area contributed by atoms with Crippen molar-refractivity contribution in [2.75, 3.05) is 33.4 Å². The Morgan fingerprint density at radius 3 is 2.60 bits per heavy atom. The summed E-state index contributed by atoms with van der Waals surface area (Å²) in [5, 5.41) is 36.7. The lowest BCUT2D eigenvalue weighted by Crippen LogP contribution is -2.59. The van der Waals surface area contributed by atoms with Crippen molar-refractivity contribution in [1.82, 2.24) is 9.21 Å². The zero-order valence-corrected chi connectivity index (χ0v) is 30.3. The topological polar surface area (TPSA) is 188 Å². The number of aliphatic hydroxyl groups is 3. The second-order valence-corrected chi connectivity index (χ2v) is 18.1. The lowest BCUT2D eigenvalue weighted by Gasteiger charge is -2.44. The number of hydrogen-bond donors (Lipinski definition) is 4. The summed E-state index contributed by atoms with van der Waals surface area (Å²) in [6.45, 7) is 4.89. The molecule has 0 spiro atoms. The van der Waals surface area contributed by atoms with Crippen LogP contribution in [-0.2, 0) is 29.6 Å². The van der Waals surface area contributed by atoms with Gasteiger partial charge < -0.3 is 25.0 Å². The largest absolute Gasteiger partial charge is 0.393 e. The summed E-state index contributed by atoms with van der Waals surface area (Å²) in [6, 6.07) is -0.545. The summed E-state index contributed by atoms with van der Waals surface area (Å²) < 4.78 is 56.4. The summed E-state index contributed by atoms with van der Waals surface area (Å²) in [7, 11) is -6.44. The van der Waals surface area contributed by atoms with Crippen LogP contribution in [0.4, 0.5) is 0 Å². The third-order valence-corrected chi connectivity index (χ3v) is 14.9. The fourth-order valence-corrected chi connectivity index (χ4v) is 11.9. The molecule has 8 atom stereocenters. The first-order valence-corrected chi connectivity index (χ1v) is 20.7. The first kappa shape index (κ1) is 40.1. The van der Waals surface area contributed by atoms with Gasteiger partial charge in [-0.1, -0.05) is 68.3 Å². The molecule has 0 aromatic rings. The molecule has 1 saturated heterocycles. The molecule has 1 saturated carbocycles. The van der Waals surface area contributed by atoms with E-state index in [2.05, 4.69) is 6.92 Å². The minimum atomic E-state index is -4.11. The van der Waals surface area contributed by atoms with E-state index in [0.717, 1.165) is 31.0 Å². The van der Waals surface area contributed by atoms with E-state index in [1.807, 2.05) is 25.2 Å². The minimum absolute atomic E-state index is 0.0581. The lowest BCUT2D eigenvalue weighted by molar-refractivity contribution is -0.134. The molecule has 5 N–H and O–H groups in total. The van der Waals surface area contributed by atoms with Gasteiger partial charge in [0.15, 0.2) is 0 Å². The average Bonchev–Trinajstić information content (AvgIpc) is 3.58. The quantitative estimate of drug-likeness (QED) is 0.114. The van der Waals surface area contributed by atoms with Crippen LogP contribution in [0.2, 0.25) is 0 Å². The summed E-state index contributed by atoms with van der Waals surface area (Å²) in [6.07, 6.45) is 13.5. The number of rotatable bonds is 19. The number of nitrogens with zero attached hydrogens (tertiary/aromatic N) is 2. The number of fused-ring (bicyclic) bond motifs is 1. The van der Waals surface area contributed by atoms with E-state index in [-0.39, 0.29) is 41.5 Å². The van der Waals surface area contributed by atoms with Gasteiger partial charge in [0, 0.05) is 58.0 Å². The van der Waals surface area contributed by atoms with E-state index in [4.69, 9.17) is 9.88 Å². The number of nitrogens with two attached hydrogens (primary N) is 1. The molecule has 3 aliphatic rings. The van der Waals surface area contributed by atoms with Gasteiger partial charge in [0.25, 0.3) is 0 Å². The van der Waals surface area contributed by atoms with Crippen LogP contribution in [0, 0.1) is 17.8 Å². The van der Waals surface area contributed by atoms with Gasteiger partial charge in [0.2, 0.25) is 26.0 Å². The highest BCUT2D eigenvalue weighted by Gasteiger charge is 2.53. The monoisotopic (exact) mass is 721 g/mol. The summed E-state index contributed by atoms with van der Waals surface area (Å²) >= 11 is 0.731. The van der Waals surface area contributed by atoms with Crippen molar-refractivity contribution >= 4 is 37.7 Å². The molecule has 3 rings (SSSR count). The average molecular weight is 722 g/mol. The van der Waals surface area contributed by atoms with Gasteiger partial charge in [0.05, 0.1) is 24.4 Å². The molecule has 0 radical (unpaired) electrons. The van der Waals surface area contributed by atoms with Gasteiger partial charge in [-0.2, -0.15) is 4.31 Å². The number of carbonyl (C=O) groups is 1. The van der Waals surface area contributed by atoms with Crippen LogP contribution in [0.3, 0.4) is 0 Å². The van der Waals surface area contributed by atoms with Crippen LogP contribution in [0.5, 0.6) is 0 Å². The molecule has 2 unspecified atom stereocenters. The van der Waals surface area contributed by atoms with Gasteiger partial charge in [-0.05, 0) is 44.9 Å².